The Kier molecular flexibility index (Phi) is 30.2. The second-order valence-corrected chi connectivity index (χ2v) is 18.7. The number of allylic oxidation sites excluding steroid dienone is 1. The molecule has 0 aromatic rings. The maximum atomic E-state index is 12.7. The zero-order chi connectivity index (χ0) is 44.1. The van der Waals surface area contributed by atoms with E-state index in [1.54, 1.807) is 12.2 Å². The van der Waals surface area contributed by atoms with Gasteiger partial charge in [0.25, 0.3) is 0 Å². The summed E-state index contributed by atoms with van der Waals surface area (Å²) < 4.78 is 47.7. The molecule has 0 aromatic heterocycles. The van der Waals surface area contributed by atoms with E-state index in [-0.39, 0.29) is 31.0 Å². The van der Waals surface area contributed by atoms with E-state index in [1.807, 2.05) is 0 Å². The number of ketones is 1. The lowest BCUT2D eigenvalue weighted by Gasteiger charge is -2.20. The molecule has 6 N–H and O–H groups in total. The lowest BCUT2D eigenvalue weighted by Crippen LogP contribution is -2.30. The Morgan fingerprint density at radius 3 is 1.93 bits per heavy atom. The number of unbranched alkanes of at least 4 members (excludes halogenated alkanes) is 12. The second kappa shape index (κ2) is 32.2. The first-order chi connectivity index (χ1) is 28.0. The number of phosphoric ester groups is 2. The van der Waals surface area contributed by atoms with Crippen molar-refractivity contribution in [2.45, 2.75) is 186 Å². The average molecular weight is 887 g/mol. The molecule has 59 heavy (non-hydrogen) atoms. The predicted octanol–water partition coefficient (Wildman–Crippen LogP) is 7.40. The van der Waals surface area contributed by atoms with Gasteiger partial charge in [-0.2, -0.15) is 0 Å². The second-order valence-electron chi connectivity index (χ2n) is 16.0. The van der Waals surface area contributed by atoms with Crippen molar-refractivity contribution in [1.29, 1.82) is 0 Å². The summed E-state index contributed by atoms with van der Waals surface area (Å²) in [6.07, 6.45) is 17.0. The van der Waals surface area contributed by atoms with E-state index in [0.717, 1.165) is 63.7 Å². The standard InChI is InChI=1S/C41H76O16P2/c1-4-6-15-21-33(42)25-26-37-36(38(44)27-39(37)45)22-17-13-14-18-23-40(46)53-30-35(31-56-59(51,52)55-29-34(43)28-54-58(48,49)50)57-41(47)24-19-12-10-8-7-9-11-16-20-32(3)5-2/h25-26,32-38,42-44H,4-24,27-31H2,1-3H3,(H,51,52)(H2,48,49,50)/b26-25+/t32?,33-,34-,35+,36+,37+,38-/m0/s1. The largest absolute Gasteiger partial charge is 0.472 e. The highest BCUT2D eigenvalue weighted by Gasteiger charge is 2.39. The van der Waals surface area contributed by atoms with Crippen LogP contribution in [0.4, 0.5) is 0 Å². The van der Waals surface area contributed by atoms with Gasteiger partial charge in [-0.25, -0.2) is 9.13 Å². The fourth-order valence-electron chi connectivity index (χ4n) is 6.82. The Hall–Kier alpha value is -1.55. The molecule has 1 rings (SSSR count). The third-order valence-electron chi connectivity index (χ3n) is 10.6. The van der Waals surface area contributed by atoms with E-state index in [1.165, 1.54) is 32.1 Å². The quantitative estimate of drug-likeness (QED) is 0.0154. The van der Waals surface area contributed by atoms with Crippen molar-refractivity contribution >= 4 is 33.4 Å². The van der Waals surface area contributed by atoms with Gasteiger partial charge < -0.3 is 39.5 Å². The van der Waals surface area contributed by atoms with Gasteiger partial charge in [0.1, 0.15) is 18.5 Å². The molecular formula is C41H76O16P2. The smallest absolute Gasteiger partial charge is 0.462 e. The number of Topliss-reactive ketones (excluding diaryl/α,β-unsaturated/α-hetero) is 1. The third kappa shape index (κ3) is 29.4. The number of hydrogen-bond donors (Lipinski definition) is 6. The molecule has 0 radical (unpaired) electrons. The summed E-state index contributed by atoms with van der Waals surface area (Å²) in [7, 11) is -9.75. The maximum absolute atomic E-state index is 12.7. The molecule has 1 fully saturated rings. The van der Waals surface area contributed by atoms with Crippen LogP contribution in [0, 0.1) is 17.8 Å². The van der Waals surface area contributed by atoms with Crippen LogP contribution in [-0.2, 0) is 46.6 Å². The van der Waals surface area contributed by atoms with E-state index in [9.17, 15) is 43.7 Å². The first kappa shape index (κ1) is 55.5. The van der Waals surface area contributed by atoms with Gasteiger partial charge >= 0.3 is 27.6 Å². The summed E-state index contributed by atoms with van der Waals surface area (Å²) >= 11 is 0. The molecule has 0 bridgehead atoms. The Morgan fingerprint density at radius 1 is 0.746 bits per heavy atom. The molecule has 0 amide bonds. The summed E-state index contributed by atoms with van der Waals surface area (Å²) in [4.78, 5) is 65.4. The summed E-state index contributed by atoms with van der Waals surface area (Å²) in [5.41, 5.74) is 0. The Bertz CT molecular complexity index is 1280. The summed E-state index contributed by atoms with van der Waals surface area (Å²) in [5, 5.41) is 30.5. The van der Waals surface area contributed by atoms with E-state index in [0.29, 0.717) is 32.1 Å². The van der Waals surface area contributed by atoms with Crippen LogP contribution in [0.1, 0.15) is 162 Å². The van der Waals surface area contributed by atoms with Crippen LogP contribution in [0.15, 0.2) is 12.2 Å². The van der Waals surface area contributed by atoms with Crippen molar-refractivity contribution in [1.82, 2.24) is 0 Å². The number of esters is 2. The summed E-state index contributed by atoms with van der Waals surface area (Å²) in [6, 6.07) is 0. The molecule has 16 nitrogen and oxygen atoms in total. The van der Waals surface area contributed by atoms with Crippen LogP contribution < -0.4 is 0 Å². The van der Waals surface area contributed by atoms with Crippen molar-refractivity contribution in [3.05, 3.63) is 12.2 Å². The number of ether oxygens (including phenoxy) is 2. The highest BCUT2D eigenvalue weighted by Crippen LogP contribution is 2.44. The van der Waals surface area contributed by atoms with E-state index in [2.05, 4.69) is 29.8 Å². The van der Waals surface area contributed by atoms with Crippen molar-refractivity contribution in [3.8, 4) is 0 Å². The summed E-state index contributed by atoms with van der Waals surface area (Å²) in [5.74, 6) is -1.10. The number of hydrogen-bond acceptors (Lipinski definition) is 13. The molecule has 0 spiro atoms. The first-order valence-electron chi connectivity index (χ1n) is 21.9. The zero-order valence-electron chi connectivity index (χ0n) is 35.7. The van der Waals surface area contributed by atoms with Crippen molar-refractivity contribution in [2.24, 2.45) is 17.8 Å². The molecule has 0 saturated heterocycles. The highest BCUT2D eigenvalue weighted by atomic mass is 31.2. The molecule has 0 aromatic carbocycles. The topological polar surface area (TPSA) is 253 Å². The molecule has 18 heteroatoms. The van der Waals surface area contributed by atoms with Crippen LogP contribution in [-0.4, -0.2) is 98.6 Å². The molecule has 0 heterocycles. The molecule has 0 aliphatic heterocycles. The van der Waals surface area contributed by atoms with Gasteiger partial charge in [0, 0.05) is 25.2 Å². The SMILES string of the molecule is CCCCC[C@H](O)/C=C/[C@H]1C(=O)C[C@H](O)[C@@H]1CCCCCCC(=O)OC[C@H](COP(=O)(O)OC[C@@H](O)COP(=O)(O)O)OC(=O)CCCCCCCCCCC(C)CC. The number of phosphoric acid groups is 2. The van der Waals surface area contributed by atoms with Crippen LogP contribution in [0.25, 0.3) is 0 Å². The van der Waals surface area contributed by atoms with Gasteiger partial charge in [0.15, 0.2) is 6.10 Å². The van der Waals surface area contributed by atoms with Crippen molar-refractivity contribution in [3.63, 3.8) is 0 Å². The van der Waals surface area contributed by atoms with Gasteiger partial charge in [-0.1, -0.05) is 129 Å². The van der Waals surface area contributed by atoms with Gasteiger partial charge in [-0.05, 0) is 37.5 Å². The molecule has 8 atom stereocenters. The van der Waals surface area contributed by atoms with Crippen molar-refractivity contribution in [2.75, 3.05) is 26.4 Å². The van der Waals surface area contributed by atoms with Crippen LogP contribution in [0.3, 0.4) is 0 Å². The molecular weight excluding hydrogens is 810 g/mol. The van der Waals surface area contributed by atoms with Crippen molar-refractivity contribution < 1.29 is 76.6 Å². The highest BCUT2D eigenvalue weighted by molar-refractivity contribution is 7.47. The minimum Gasteiger partial charge on any atom is -0.462 e. The van der Waals surface area contributed by atoms with Crippen LogP contribution in [0.2, 0.25) is 0 Å². The Balaban J connectivity index is 2.54. The monoisotopic (exact) mass is 886 g/mol. The Labute approximate surface area is 352 Å². The van der Waals surface area contributed by atoms with E-state index >= 15 is 0 Å². The predicted molar refractivity (Wildman–Crippen MR) is 222 cm³/mol. The summed E-state index contributed by atoms with van der Waals surface area (Å²) in [6.45, 7) is 3.67. The lowest BCUT2D eigenvalue weighted by atomic mass is 9.88. The zero-order valence-corrected chi connectivity index (χ0v) is 37.5. The van der Waals surface area contributed by atoms with Gasteiger partial charge in [0.2, 0.25) is 0 Å². The van der Waals surface area contributed by atoms with E-state index < -0.39 is 84.3 Å². The fraction of sp³-hybridized carbons (Fsp3) is 0.878. The molecule has 2 unspecified atom stereocenters. The normalized spacial score (nSPS) is 20.4. The van der Waals surface area contributed by atoms with Crippen LogP contribution in [0.5, 0.6) is 0 Å². The van der Waals surface area contributed by atoms with Crippen LogP contribution >= 0.6 is 15.6 Å². The maximum Gasteiger partial charge on any atom is 0.472 e. The number of carbonyl (C=O) groups is 3. The Morgan fingerprint density at radius 2 is 1.31 bits per heavy atom. The molecule has 346 valence electrons. The molecule has 1 aliphatic rings. The number of aliphatic hydroxyl groups excluding tert-OH is 3. The van der Waals surface area contributed by atoms with E-state index in [4.69, 9.17) is 23.8 Å². The number of rotatable bonds is 37. The lowest BCUT2D eigenvalue weighted by molar-refractivity contribution is -0.161. The van der Waals surface area contributed by atoms with Gasteiger partial charge in [-0.3, -0.25) is 28.0 Å². The minimum atomic E-state index is -4.89. The fourth-order valence-corrected chi connectivity index (χ4v) is 7.97. The average Bonchev–Trinajstić information content (AvgIpc) is 3.45. The number of carbonyl (C=O) groups excluding carboxylic acids is 3. The van der Waals surface area contributed by atoms with Gasteiger partial charge in [0.05, 0.1) is 32.0 Å². The van der Waals surface area contributed by atoms with Gasteiger partial charge in [-0.15, -0.1) is 0 Å². The molecule has 1 aliphatic carbocycles. The first-order valence-corrected chi connectivity index (χ1v) is 24.9. The number of aliphatic hydroxyl groups is 3. The molecule has 1 saturated carbocycles. The minimum absolute atomic E-state index is 0.0280. The third-order valence-corrected chi connectivity index (χ3v) is 12.0.